The van der Waals surface area contributed by atoms with Crippen LogP contribution < -0.4 is 15.8 Å². The number of hydrogen-bond donors (Lipinski definition) is 2. The van der Waals surface area contributed by atoms with Gasteiger partial charge >= 0.3 is 0 Å². The van der Waals surface area contributed by atoms with Gasteiger partial charge in [-0.15, -0.1) is 0 Å². The van der Waals surface area contributed by atoms with E-state index in [0.717, 1.165) is 30.1 Å². The van der Waals surface area contributed by atoms with Gasteiger partial charge in [-0.3, -0.25) is 9.36 Å². The highest BCUT2D eigenvalue weighted by atomic mass is 16.5. The standard InChI is InChI=1S/C17H21N5O2/c1-4-17(5-2)20-13(15(18)23)14-16(21-17)22(10-19-14)11-6-8-12(24-3)9-7-11/h6-10,21H,4-5H2,1-3H3,(H2,18,23). The van der Waals surface area contributed by atoms with Gasteiger partial charge in [-0.25, -0.2) is 9.98 Å². The first-order chi connectivity index (χ1) is 11.5. The molecule has 0 unspecified atom stereocenters. The van der Waals surface area contributed by atoms with Crippen molar-refractivity contribution < 1.29 is 9.53 Å². The molecule has 24 heavy (non-hydrogen) atoms. The van der Waals surface area contributed by atoms with Crippen LogP contribution in [0.1, 0.15) is 32.4 Å². The Labute approximate surface area is 140 Å². The summed E-state index contributed by atoms with van der Waals surface area (Å²) in [4.78, 5) is 20.8. The number of amides is 1. The van der Waals surface area contributed by atoms with Crippen molar-refractivity contribution in [2.75, 3.05) is 12.4 Å². The van der Waals surface area contributed by atoms with E-state index in [1.54, 1.807) is 13.4 Å². The van der Waals surface area contributed by atoms with Gasteiger partial charge in [0.15, 0.2) is 5.71 Å². The zero-order chi connectivity index (χ0) is 17.3. The van der Waals surface area contributed by atoms with Gasteiger partial charge in [-0.1, -0.05) is 13.8 Å². The summed E-state index contributed by atoms with van der Waals surface area (Å²) in [7, 11) is 1.63. The number of hydrogen-bond acceptors (Lipinski definition) is 5. The summed E-state index contributed by atoms with van der Waals surface area (Å²) in [5.74, 6) is 0.938. The molecule has 126 valence electrons. The van der Waals surface area contributed by atoms with E-state index in [2.05, 4.69) is 15.3 Å². The summed E-state index contributed by atoms with van der Waals surface area (Å²) in [6.07, 6.45) is 3.13. The fourth-order valence-corrected chi connectivity index (χ4v) is 2.85. The molecule has 0 bridgehead atoms. The van der Waals surface area contributed by atoms with Crippen LogP contribution in [0.2, 0.25) is 0 Å². The SMILES string of the molecule is CCC1(CC)N=C(C(N)=O)c2ncn(-c3ccc(OC)cc3)c2N1. The number of aliphatic imine (C=N–C) groups is 1. The number of nitrogens with zero attached hydrogens (tertiary/aromatic N) is 3. The van der Waals surface area contributed by atoms with Gasteiger partial charge < -0.3 is 15.8 Å². The van der Waals surface area contributed by atoms with Crippen LogP contribution in [0.3, 0.4) is 0 Å². The number of rotatable bonds is 5. The monoisotopic (exact) mass is 327 g/mol. The van der Waals surface area contributed by atoms with E-state index in [1.807, 2.05) is 42.7 Å². The summed E-state index contributed by atoms with van der Waals surface area (Å²) >= 11 is 0. The molecule has 1 aliphatic rings. The third kappa shape index (κ3) is 2.51. The number of carbonyl (C=O) groups excluding carboxylic acids is 1. The summed E-state index contributed by atoms with van der Waals surface area (Å²) in [6, 6.07) is 7.61. The van der Waals surface area contributed by atoms with Crippen LogP contribution in [-0.4, -0.2) is 33.9 Å². The fourth-order valence-electron chi connectivity index (χ4n) is 2.85. The van der Waals surface area contributed by atoms with Crippen molar-refractivity contribution in [3.8, 4) is 11.4 Å². The quantitative estimate of drug-likeness (QED) is 0.879. The number of aromatic nitrogens is 2. The second-order valence-electron chi connectivity index (χ2n) is 5.70. The third-order valence-electron chi connectivity index (χ3n) is 4.42. The predicted octanol–water partition coefficient (Wildman–Crippen LogP) is 2.10. The second kappa shape index (κ2) is 5.99. The number of imidazole rings is 1. The maximum absolute atomic E-state index is 11.9. The number of benzene rings is 1. The minimum absolute atomic E-state index is 0.222. The molecule has 1 amide bonds. The Hall–Kier alpha value is -2.83. The Morgan fingerprint density at radius 3 is 2.50 bits per heavy atom. The molecule has 0 spiro atoms. The van der Waals surface area contributed by atoms with Gasteiger partial charge in [0.2, 0.25) is 0 Å². The van der Waals surface area contributed by atoms with E-state index in [4.69, 9.17) is 10.5 Å². The van der Waals surface area contributed by atoms with Crippen LogP contribution in [0.15, 0.2) is 35.6 Å². The van der Waals surface area contributed by atoms with E-state index in [0.29, 0.717) is 5.69 Å². The first-order valence-corrected chi connectivity index (χ1v) is 7.93. The number of methoxy groups -OCH3 is 1. The van der Waals surface area contributed by atoms with Crippen LogP contribution in [0.4, 0.5) is 5.82 Å². The molecule has 0 saturated carbocycles. The number of primary amides is 1. The molecular formula is C17H21N5O2. The van der Waals surface area contributed by atoms with Gasteiger partial charge in [0, 0.05) is 5.69 Å². The summed E-state index contributed by atoms with van der Waals surface area (Å²) in [6.45, 7) is 4.05. The lowest BCUT2D eigenvalue weighted by molar-refractivity contribution is -0.112. The van der Waals surface area contributed by atoms with E-state index >= 15 is 0 Å². The van der Waals surface area contributed by atoms with E-state index in [1.165, 1.54) is 0 Å². The van der Waals surface area contributed by atoms with Crippen molar-refractivity contribution in [2.24, 2.45) is 10.7 Å². The molecule has 0 fully saturated rings. The van der Waals surface area contributed by atoms with Crippen LogP contribution >= 0.6 is 0 Å². The Bertz CT molecular complexity index is 788. The van der Waals surface area contributed by atoms with Crippen LogP contribution in [-0.2, 0) is 4.79 Å². The molecule has 7 heteroatoms. The molecule has 0 radical (unpaired) electrons. The van der Waals surface area contributed by atoms with Crippen molar-refractivity contribution in [2.45, 2.75) is 32.4 Å². The second-order valence-corrected chi connectivity index (χ2v) is 5.70. The smallest absolute Gasteiger partial charge is 0.269 e. The predicted molar refractivity (Wildman–Crippen MR) is 92.8 cm³/mol. The van der Waals surface area contributed by atoms with Gasteiger partial charge in [0.25, 0.3) is 5.91 Å². The molecule has 0 aliphatic carbocycles. The molecular weight excluding hydrogens is 306 g/mol. The Morgan fingerprint density at radius 1 is 1.29 bits per heavy atom. The maximum atomic E-state index is 11.9. The average molecular weight is 327 g/mol. The molecule has 1 aromatic heterocycles. The van der Waals surface area contributed by atoms with Crippen LogP contribution in [0.25, 0.3) is 5.69 Å². The largest absolute Gasteiger partial charge is 0.497 e. The molecule has 0 saturated heterocycles. The summed E-state index contributed by atoms with van der Waals surface area (Å²) in [5.41, 5.74) is 6.59. The zero-order valence-electron chi connectivity index (χ0n) is 14.0. The van der Waals surface area contributed by atoms with E-state index in [-0.39, 0.29) is 5.71 Å². The molecule has 1 aliphatic heterocycles. The minimum atomic E-state index is -0.566. The molecule has 3 rings (SSSR count). The summed E-state index contributed by atoms with van der Waals surface area (Å²) < 4.78 is 7.09. The fraction of sp³-hybridized carbons (Fsp3) is 0.353. The molecule has 3 N–H and O–H groups in total. The molecule has 2 aromatic rings. The van der Waals surface area contributed by atoms with Gasteiger partial charge in [0.05, 0.1) is 7.11 Å². The number of fused-ring (bicyclic) bond motifs is 1. The number of ether oxygens (including phenoxy) is 1. The summed E-state index contributed by atoms with van der Waals surface area (Å²) in [5, 5.41) is 3.44. The lowest BCUT2D eigenvalue weighted by atomic mass is 10.0. The van der Waals surface area contributed by atoms with Crippen LogP contribution in [0, 0.1) is 0 Å². The number of nitrogens with two attached hydrogens (primary N) is 1. The maximum Gasteiger partial charge on any atom is 0.269 e. The van der Waals surface area contributed by atoms with Crippen molar-refractivity contribution in [1.82, 2.24) is 9.55 Å². The highest BCUT2D eigenvalue weighted by molar-refractivity contribution is 6.45. The van der Waals surface area contributed by atoms with Gasteiger partial charge in [0.1, 0.15) is 29.3 Å². The minimum Gasteiger partial charge on any atom is -0.497 e. The van der Waals surface area contributed by atoms with Crippen LogP contribution in [0.5, 0.6) is 5.75 Å². The third-order valence-corrected chi connectivity index (χ3v) is 4.42. The number of carbonyl (C=O) groups is 1. The highest BCUT2D eigenvalue weighted by Crippen LogP contribution is 2.33. The Balaban J connectivity index is 2.12. The first kappa shape index (κ1) is 16.0. The topological polar surface area (TPSA) is 94.5 Å². The molecule has 1 aromatic carbocycles. The normalized spacial score (nSPS) is 15.2. The van der Waals surface area contributed by atoms with Gasteiger partial charge in [-0.2, -0.15) is 0 Å². The van der Waals surface area contributed by atoms with Crippen molar-refractivity contribution >= 4 is 17.4 Å². The van der Waals surface area contributed by atoms with Gasteiger partial charge in [-0.05, 0) is 37.1 Å². The first-order valence-electron chi connectivity index (χ1n) is 7.93. The highest BCUT2D eigenvalue weighted by Gasteiger charge is 2.36. The van der Waals surface area contributed by atoms with Crippen molar-refractivity contribution in [3.63, 3.8) is 0 Å². The number of nitrogens with one attached hydrogen (secondary N) is 1. The average Bonchev–Trinajstić information content (AvgIpc) is 3.04. The zero-order valence-corrected chi connectivity index (χ0v) is 14.0. The Kier molecular flexibility index (Phi) is 4.01. The lowest BCUT2D eigenvalue weighted by Crippen LogP contribution is -2.43. The molecule has 0 atom stereocenters. The Morgan fingerprint density at radius 2 is 1.96 bits per heavy atom. The number of anilines is 1. The van der Waals surface area contributed by atoms with Crippen molar-refractivity contribution in [1.29, 1.82) is 0 Å². The molecule has 7 nitrogen and oxygen atoms in total. The van der Waals surface area contributed by atoms with Crippen molar-refractivity contribution in [3.05, 3.63) is 36.3 Å². The lowest BCUT2D eigenvalue weighted by Gasteiger charge is -2.34. The van der Waals surface area contributed by atoms with E-state index in [9.17, 15) is 4.79 Å². The van der Waals surface area contributed by atoms with E-state index < -0.39 is 11.6 Å². The molecule has 2 heterocycles.